The van der Waals surface area contributed by atoms with Crippen molar-refractivity contribution >= 4 is 40.6 Å². The van der Waals surface area contributed by atoms with Crippen LogP contribution in [0.4, 0.5) is 0 Å². The molecule has 1 aromatic carbocycles. The quantitative estimate of drug-likeness (QED) is 0.553. The lowest BCUT2D eigenvalue weighted by Gasteiger charge is -2.32. The minimum atomic E-state index is -0.578. The zero-order valence-electron chi connectivity index (χ0n) is 14.0. The second kappa shape index (κ2) is 6.75. The summed E-state index contributed by atoms with van der Waals surface area (Å²) in [6.45, 7) is 7.91. The summed E-state index contributed by atoms with van der Waals surface area (Å²) >= 11 is 9.80. The number of methoxy groups -OCH3 is 1. The summed E-state index contributed by atoms with van der Waals surface area (Å²) in [5.41, 5.74) is -0.167. The Balaban J connectivity index is 2.40. The van der Waals surface area contributed by atoms with Crippen LogP contribution in [0, 0.1) is 0 Å². The van der Waals surface area contributed by atoms with Crippen molar-refractivity contribution in [3.63, 3.8) is 0 Å². The van der Waals surface area contributed by atoms with Gasteiger partial charge >= 0.3 is 13.1 Å². The highest BCUT2D eigenvalue weighted by Gasteiger charge is 2.54. The first kappa shape index (κ1) is 18.8. The third kappa shape index (κ3) is 3.93. The van der Waals surface area contributed by atoms with Gasteiger partial charge in [0.1, 0.15) is 0 Å². The maximum Gasteiger partial charge on any atom is 0.466 e. The number of rotatable bonds is 4. The normalized spacial score (nSPS) is 20.4. The number of carbonyl (C=O) groups is 1. The number of carbonyl (C=O) groups excluding carboxylic acids is 1. The van der Waals surface area contributed by atoms with Crippen LogP contribution in [0.5, 0.6) is 0 Å². The third-order valence-corrected chi connectivity index (χ3v) is 5.41. The summed E-state index contributed by atoms with van der Waals surface area (Å²) in [5, 5.41) is 0.566. The van der Waals surface area contributed by atoms with Gasteiger partial charge in [-0.15, -0.1) is 0 Å². The van der Waals surface area contributed by atoms with Gasteiger partial charge in [-0.2, -0.15) is 0 Å². The molecule has 1 aliphatic rings. The highest BCUT2D eigenvalue weighted by molar-refractivity contribution is 9.10. The number of hydrogen-bond acceptors (Lipinski definition) is 4. The molecule has 0 aromatic heterocycles. The Labute approximate surface area is 151 Å². The standard InChI is InChI=1S/C16H21BBrClO4/c1-15(2)16(3,4)23-17(22-15)12(9-14(20)21-5)11-8-10(18)6-7-13(11)19/h6-8,12H,9H2,1-5H3. The molecule has 0 bridgehead atoms. The predicted molar refractivity (Wildman–Crippen MR) is 94.6 cm³/mol. The molecule has 1 aromatic rings. The van der Waals surface area contributed by atoms with E-state index in [-0.39, 0.29) is 18.2 Å². The fourth-order valence-corrected chi connectivity index (χ4v) is 3.10. The zero-order chi connectivity index (χ0) is 17.4. The third-order valence-electron chi connectivity index (χ3n) is 4.57. The lowest BCUT2D eigenvalue weighted by Crippen LogP contribution is -2.41. The highest BCUT2D eigenvalue weighted by Crippen LogP contribution is 2.43. The van der Waals surface area contributed by atoms with E-state index in [0.717, 1.165) is 10.0 Å². The van der Waals surface area contributed by atoms with Gasteiger partial charge in [-0.3, -0.25) is 4.79 Å². The van der Waals surface area contributed by atoms with Crippen molar-refractivity contribution in [2.75, 3.05) is 7.11 Å². The SMILES string of the molecule is COC(=O)CC(B1OC(C)(C)C(C)(C)O1)c1cc(Br)ccc1Cl. The molecule has 1 aliphatic heterocycles. The molecule has 23 heavy (non-hydrogen) atoms. The maximum absolute atomic E-state index is 11.9. The summed E-state index contributed by atoms with van der Waals surface area (Å²) < 4.78 is 17.9. The first-order chi connectivity index (χ1) is 10.6. The fraction of sp³-hybridized carbons (Fsp3) is 0.562. The molecule has 2 rings (SSSR count). The zero-order valence-corrected chi connectivity index (χ0v) is 16.3. The summed E-state index contributed by atoms with van der Waals surface area (Å²) in [7, 11) is 0.789. The molecule has 4 nitrogen and oxygen atoms in total. The van der Waals surface area contributed by atoms with Crippen molar-refractivity contribution < 1.29 is 18.8 Å². The van der Waals surface area contributed by atoms with E-state index in [0.29, 0.717) is 5.02 Å². The topological polar surface area (TPSA) is 44.8 Å². The van der Waals surface area contributed by atoms with Crippen molar-refractivity contribution in [1.29, 1.82) is 0 Å². The minimum absolute atomic E-state index is 0.128. The van der Waals surface area contributed by atoms with Crippen LogP contribution < -0.4 is 0 Å². The van der Waals surface area contributed by atoms with Crippen LogP contribution in [-0.4, -0.2) is 31.4 Å². The molecule has 0 saturated carbocycles. The van der Waals surface area contributed by atoms with Gasteiger partial charge in [0, 0.05) is 15.3 Å². The largest absolute Gasteiger partial charge is 0.469 e. The van der Waals surface area contributed by atoms with Crippen LogP contribution in [0.15, 0.2) is 22.7 Å². The highest BCUT2D eigenvalue weighted by atomic mass is 79.9. The van der Waals surface area contributed by atoms with E-state index in [9.17, 15) is 4.79 Å². The number of halogens is 2. The predicted octanol–water partition coefficient (Wildman–Crippen LogP) is 4.38. The van der Waals surface area contributed by atoms with Crippen LogP contribution in [0.25, 0.3) is 0 Å². The molecule has 1 atom stereocenters. The molecule has 0 radical (unpaired) electrons. The van der Waals surface area contributed by atoms with Gasteiger partial charge in [-0.25, -0.2) is 0 Å². The van der Waals surface area contributed by atoms with Gasteiger partial charge in [-0.1, -0.05) is 27.5 Å². The lowest BCUT2D eigenvalue weighted by atomic mass is 9.66. The van der Waals surface area contributed by atoms with Gasteiger partial charge < -0.3 is 14.0 Å². The molecule has 0 amide bonds. The summed E-state index contributed by atoms with van der Waals surface area (Å²) in [6.07, 6.45) is 0.128. The van der Waals surface area contributed by atoms with Crippen LogP contribution in [-0.2, 0) is 18.8 Å². The van der Waals surface area contributed by atoms with Crippen LogP contribution >= 0.6 is 27.5 Å². The van der Waals surface area contributed by atoms with E-state index >= 15 is 0 Å². The molecule has 0 spiro atoms. The van der Waals surface area contributed by atoms with Crippen molar-refractivity contribution in [3.05, 3.63) is 33.3 Å². The van der Waals surface area contributed by atoms with E-state index in [1.807, 2.05) is 39.8 Å². The van der Waals surface area contributed by atoms with Crippen molar-refractivity contribution in [2.24, 2.45) is 0 Å². The molecule has 1 unspecified atom stereocenters. The lowest BCUT2D eigenvalue weighted by molar-refractivity contribution is -0.140. The molecule has 1 heterocycles. The molecule has 1 saturated heterocycles. The molecular formula is C16H21BBrClO4. The Morgan fingerprint density at radius 2 is 1.87 bits per heavy atom. The molecule has 1 fully saturated rings. The van der Waals surface area contributed by atoms with Crippen LogP contribution in [0.3, 0.4) is 0 Å². The van der Waals surface area contributed by atoms with Gasteiger partial charge in [0.05, 0.1) is 24.7 Å². The first-order valence-corrected chi connectivity index (χ1v) is 8.62. The van der Waals surface area contributed by atoms with Crippen molar-refractivity contribution in [1.82, 2.24) is 0 Å². The Morgan fingerprint density at radius 3 is 2.39 bits per heavy atom. The van der Waals surface area contributed by atoms with Crippen molar-refractivity contribution in [2.45, 2.75) is 51.1 Å². The molecule has 0 N–H and O–H groups in total. The van der Waals surface area contributed by atoms with Gasteiger partial charge in [0.25, 0.3) is 0 Å². The van der Waals surface area contributed by atoms with Crippen LogP contribution in [0.1, 0.15) is 45.5 Å². The molecule has 126 valence electrons. The number of ether oxygens (including phenoxy) is 1. The second-order valence-electron chi connectivity index (χ2n) is 6.68. The number of esters is 1. The van der Waals surface area contributed by atoms with E-state index in [1.54, 1.807) is 6.07 Å². The number of benzene rings is 1. The Hall–Kier alpha value is -0.555. The monoisotopic (exact) mass is 402 g/mol. The molecule has 0 aliphatic carbocycles. The molecular weight excluding hydrogens is 382 g/mol. The van der Waals surface area contributed by atoms with Gasteiger partial charge in [-0.05, 0) is 51.5 Å². The Bertz CT molecular complexity index is 590. The number of hydrogen-bond donors (Lipinski definition) is 0. The summed E-state index contributed by atoms with van der Waals surface area (Å²) in [4.78, 5) is 11.9. The second-order valence-corrected chi connectivity index (χ2v) is 8.00. The summed E-state index contributed by atoms with van der Waals surface area (Å²) in [5.74, 6) is -0.686. The Morgan fingerprint density at radius 1 is 1.30 bits per heavy atom. The van der Waals surface area contributed by atoms with E-state index in [1.165, 1.54) is 7.11 Å². The van der Waals surface area contributed by atoms with Crippen molar-refractivity contribution in [3.8, 4) is 0 Å². The minimum Gasteiger partial charge on any atom is -0.469 e. The van der Waals surface area contributed by atoms with Gasteiger partial charge in [0.15, 0.2) is 0 Å². The first-order valence-electron chi connectivity index (χ1n) is 7.45. The van der Waals surface area contributed by atoms with E-state index in [4.69, 9.17) is 25.6 Å². The fourth-order valence-electron chi connectivity index (χ4n) is 2.47. The van der Waals surface area contributed by atoms with E-state index in [2.05, 4.69) is 15.9 Å². The van der Waals surface area contributed by atoms with Gasteiger partial charge in [0.2, 0.25) is 0 Å². The Kier molecular flexibility index (Phi) is 5.51. The van der Waals surface area contributed by atoms with Crippen LogP contribution in [0.2, 0.25) is 5.02 Å². The smallest absolute Gasteiger partial charge is 0.466 e. The average Bonchev–Trinajstić information content (AvgIpc) is 2.67. The molecule has 7 heteroatoms. The summed E-state index contributed by atoms with van der Waals surface area (Å²) in [6, 6.07) is 5.53. The maximum atomic E-state index is 11.9. The average molecular weight is 404 g/mol. The van der Waals surface area contributed by atoms with E-state index < -0.39 is 18.3 Å².